The second-order valence-electron chi connectivity index (χ2n) is 6.03. The van der Waals surface area contributed by atoms with Crippen LogP contribution in [0, 0.1) is 0 Å². The van der Waals surface area contributed by atoms with Gasteiger partial charge in [0.25, 0.3) is 5.91 Å². The number of nitrogens with one attached hydrogen (secondary N) is 2. The van der Waals surface area contributed by atoms with Crippen LogP contribution in [0.15, 0.2) is 4.99 Å². The highest BCUT2D eigenvalue weighted by molar-refractivity contribution is 6.07. The van der Waals surface area contributed by atoms with Crippen molar-refractivity contribution in [3.8, 4) is 0 Å². The van der Waals surface area contributed by atoms with Crippen molar-refractivity contribution < 1.29 is 18.0 Å². The molecule has 7 heteroatoms. The Kier molecular flexibility index (Phi) is 4.17. The van der Waals surface area contributed by atoms with Gasteiger partial charge in [-0.1, -0.05) is 0 Å². The molecule has 1 heterocycles. The summed E-state index contributed by atoms with van der Waals surface area (Å²) in [5, 5.41) is 5.57. The van der Waals surface area contributed by atoms with E-state index >= 15 is 0 Å². The maximum absolute atomic E-state index is 12.1. The fourth-order valence-electron chi connectivity index (χ4n) is 1.78. The van der Waals surface area contributed by atoms with E-state index < -0.39 is 18.1 Å². The number of amides is 1. The van der Waals surface area contributed by atoms with Gasteiger partial charge < -0.3 is 5.32 Å². The standard InChI is InChI=1S/C12H20F3N3O/c1-10(2,3)17-9-16-8(19)11(4,18-9)6-5-7-12(13,14)15/h5-7H2,1-4H3,(H2,16,17,18,19). The summed E-state index contributed by atoms with van der Waals surface area (Å²) in [4.78, 5) is 16.0. The summed E-state index contributed by atoms with van der Waals surface area (Å²) in [5.74, 6) is -0.0339. The molecule has 0 aliphatic carbocycles. The zero-order valence-corrected chi connectivity index (χ0v) is 11.6. The third-order valence-electron chi connectivity index (χ3n) is 2.70. The van der Waals surface area contributed by atoms with Crippen molar-refractivity contribution in [2.24, 2.45) is 4.99 Å². The molecule has 2 N–H and O–H groups in total. The molecule has 0 spiro atoms. The molecule has 19 heavy (non-hydrogen) atoms. The lowest BCUT2D eigenvalue weighted by atomic mass is 9.95. The minimum absolute atomic E-state index is 0.0770. The summed E-state index contributed by atoms with van der Waals surface area (Å²) in [6.07, 6.45) is -5.12. The van der Waals surface area contributed by atoms with Gasteiger partial charge in [-0.05, 0) is 40.5 Å². The summed E-state index contributed by atoms with van der Waals surface area (Å²) in [6, 6.07) is 0. The van der Waals surface area contributed by atoms with E-state index in [2.05, 4.69) is 15.6 Å². The number of carbonyl (C=O) groups excluding carboxylic acids is 1. The van der Waals surface area contributed by atoms with E-state index in [1.54, 1.807) is 6.92 Å². The monoisotopic (exact) mass is 279 g/mol. The molecule has 1 aliphatic rings. The minimum Gasteiger partial charge on any atom is -0.351 e. The molecule has 4 nitrogen and oxygen atoms in total. The van der Waals surface area contributed by atoms with Crippen LogP contribution in [0.3, 0.4) is 0 Å². The van der Waals surface area contributed by atoms with Crippen LogP contribution in [0.1, 0.15) is 47.0 Å². The molecular formula is C12H20F3N3O. The van der Waals surface area contributed by atoms with Gasteiger partial charge in [-0.2, -0.15) is 13.2 Å². The molecule has 0 saturated carbocycles. The van der Waals surface area contributed by atoms with Crippen LogP contribution in [0.2, 0.25) is 0 Å². The Hall–Kier alpha value is -1.27. The van der Waals surface area contributed by atoms with Gasteiger partial charge in [0.2, 0.25) is 0 Å². The zero-order valence-electron chi connectivity index (χ0n) is 11.6. The number of halogens is 3. The highest BCUT2D eigenvalue weighted by Crippen LogP contribution is 2.28. The van der Waals surface area contributed by atoms with Crippen LogP contribution in [0.4, 0.5) is 13.2 Å². The first-order valence-corrected chi connectivity index (χ1v) is 6.18. The molecule has 1 unspecified atom stereocenters. The second-order valence-corrected chi connectivity index (χ2v) is 6.03. The average Bonchev–Trinajstić information content (AvgIpc) is 2.36. The predicted molar refractivity (Wildman–Crippen MR) is 66.8 cm³/mol. The van der Waals surface area contributed by atoms with Gasteiger partial charge in [0.05, 0.1) is 0 Å². The molecule has 0 saturated heterocycles. The Morgan fingerprint density at radius 3 is 2.37 bits per heavy atom. The predicted octanol–water partition coefficient (Wildman–Crippen LogP) is 2.35. The molecule has 110 valence electrons. The lowest BCUT2D eigenvalue weighted by Crippen LogP contribution is -2.47. The number of carbonyl (C=O) groups is 1. The third-order valence-corrected chi connectivity index (χ3v) is 2.70. The van der Waals surface area contributed by atoms with Crippen LogP contribution >= 0.6 is 0 Å². The van der Waals surface area contributed by atoms with Crippen molar-refractivity contribution >= 4 is 11.9 Å². The number of rotatable bonds is 3. The highest BCUT2D eigenvalue weighted by Gasteiger charge is 2.40. The fraction of sp³-hybridized carbons (Fsp3) is 0.833. The van der Waals surface area contributed by atoms with Gasteiger partial charge in [-0.25, -0.2) is 4.99 Å². The van der Waals surface area contributed by atoms with E-state index in [1.807, 2.05) is 20.8 Å². The summed E-state index contributed by atoms with van der Waals surface area (Å²) in [7, 11) is 0. The van der Waals surface area contributed by atoms with Crippen LogP contribution < -0.4 is 10.6 Å². The van der Waals surface area contributed by atoms with E-state index in [1.165, 1.54) is 0 Å². The van der Waals surface area contributed by atoms with Gasteiger partial charge in [0.1, 0.15) is 5.54 Å². The second kappa shape index (κ2) is 5.02. The number of guanidine groups is 1. The van der Waals surface area contributed by atoms with Crippen molar-refractivity contribution in [1.82, 2.24) is 10.6 Å². The molecular weight excluding hydrogens is 259 g/mol. The Labute approximate surface area is 110 Å². The molecule has 0 bridgehead atoms. The molecule has 0 radical (unpaired) electrons. The van der Waals surface area contributed by atoms with Crippen molar-refractivity contribution in [3.63, 3.8) is 0 Å². The molecule has 1 amide bonds. The molecule has 1 aliphatic heterocycles. The molecule has 0 fully saturated rings. The Balaban J connectivity index is 2.62. The summed E-state index contributed by atoms with van der Waals surface area (Å²) < 4.78 is 36.3. The maximum Gasteiger partial charge on any atom is 0.389 e. The Morgan fingerprint density at radius 2 is 1.89 bits per heavy atom. The summed E-state index contributed by atoms with van der Waals surface area (Å²) >= 11 is 0. The van der Waals surface area contributed by atoms with Crippen LogP contribution in [-0.4, -0.2) is 29.1 Å². The van der Waals surface area contributed by atoms with Gasteiger partial charge in [-0.15, -0.1) is 0 Å². The quantitative estimate of drug-likeness (QED) is 0.833. The number of hydrogen-bond acceptors (Lipinski definition) is 3. The van der Waals surface area contributed by atoms with Crippen LogP contribution in [-0.2, 0) is 4.79 Å². The van der Waals surface area contributed by atoms with Gasteiger partial charge in [-0.3, -0.25) is 10.1 Å². The smallest absolute Gasteiger partial charge is 0.351 e. The Bertz CT molecular complexity index is 385. The normalized spacial score (nSPS) is 24.2. The molecule has 0 aromatic rings. The van der Waals surface area contributed by atoms with Crippen molar-refractivity contribution in [3.05, 3.63) is 0 Å². The number of aliphatic imine (C=N–C) groups is 1. The van der Waals surface area contributed by atoms with Gasteiger partial charge >= 0.3 is 6.18 Å². The fourth-order valence-corrected chi connectivity index (χ4v) is 1.78. The summed E-state index contributed by atoms with van der Waals surface area (Å²) in [6.45, 7) is 7.26. The zero-order chi connectivity index (χ0) is 14.9. The van der Waals surface area contributed by atoms with Crippen molar-refractivity contribution in [2.45, 2.75) is 64.2 Å². The molecule has 1 atom stereocenters. The average molecular weight is 279 g/mol. The van der Waals surface area contributed by atoms with Crippen LogP contribution in [0.5, 0.6) is 0 Å². The number of hydrogen-bond donors (Lipinski definition) is 2. The summed E-state index contributed by atoms with van der Waals surface area (Å²) in [5.41, 5.74) is -1.39. The highest BCUT2D eigenvalue weighted by atomic mass is 19.4. The van der Waals surface area contributed by atoms with Crippen molar-refractivity contribution in [2.75, 3.05) is 0 Å². The van der Waals surface area contributed by atoms with Crippen molar-refractivity contribution in [1.29, 1.82) is 0 Å². The first-order chi connectivity index (χ1) is 8.41. The van der Waals surface area contributed by atoms with Gasteiger partial charge in [0.15, 0.2) is 5.96 Å². The maximum atomic E-state index is 12.1. The first kappa shape index (κ1) is 15.8. The van der Waals surface area contributed by atoms with E-state index in [-0.39, 0.29) is 24.3 Å². The van der Waals surface area contributed by atoms with Gasteiger partial charge in [0, 0.05) is 12.0 Å². The number of nitrogens with zero attached hydrogens (tertiary/aromatic N) is 1. The molecule has 0 aromatic carbocycles. The topological polar surface area (TPSA) is 53.5 Å². The Morgan fingerprint density at radius 1 is 1.32 bits per heavy atom. The molecule has 0 aromatic heterocycles. The SMILES string of the molecule is CC(C)(C)NC1=NC(C)(CCCC(F)(F)F)C(=O)N1. The van der Waals surface area contributed by atoms with E-state index in [0.29, 0.717) is 5.96 Å². The minimum atomic E-state index is -4.19. The lowest BCUT2D eigenvalue weighted by molar-refractivity contribution is -0.137. The lowest BCUT2D eigenvalue weighted by Gasteiger charge is -2.21. The van der Waals surface area contributed by atoms with E-state index in [9.17, 15) is 18.0 Å². The largest absolute Gasteiger partial charge is 0.389 e. The first-order valence-electron chi connectivity index (χ1n) is 6.18. The molecule has 1 rings (SSSR count). The third kappa shape index (κ3) is 5.08. The van der Waals surface area contributed by atoms with Crippen LogP contribution in [0.25, 0.3) is 0 Å². The van der Waals surface area contributed by atoms with E-state index in [0.717, 1.165) is 0 Å². The number of alkyl halides is 3. The van der Waals surface area contributed by atoms with E-state index in [4.69, 9.17) is 0 Å².